The van der Waals surface area contributed by atoms with Crippen LogP contribution in [0.2, 0.25) is 0 Å². The first-order chi connectivity index (χ1) is 10.1. The Labute approximate surface area is 128 Å². The van der Waals surface area contributed by atoms with Gasteiger partial charge in [-0.1, -0.05) is 25.7 Å². The molecule has 2 fully saturated rings. The van der Waals surface area contributed by atoms with Gasteiger partial charge in [-0.05, 0) is 79.7 Å². The van der Waals surface area contributed by atoms with Crippen molar-refractivity contribution in [3.8, 4) is 0 Å². The molecule has 4 atom stereocenters. The number of aryl methyl sites for hydroxylation is 2. The molecular formula is C19H28FN. The first-order valence-corrected chi connectivity index (χ1v) is 8.58. The molecule has 0 heterocycles. The fourth-order valence-electron chi connectivity index (χ4n) is 4.92. The highest BCUT2D eigenvalue weighted by molar-refractivity contribution is 5.37. The van der Waals surface area contributed by atoms with E-state index < -0.39 is 0 Å². The zero-order chi connectivity index (χ0) is 15.0. The maximum Gasteiger partial charge on any atom is 0.123 e. The van der Waals surface area contributed by atoms with Gasteiger partial charge in [0.1, 0.15) is 5.82 Å². The van der Waals surface area contributed by atoms with Crippen molar-refractivity contribution in [3.63, 3.8) is 0 Å². The van der Waals surface area contributed by atoms with E-state index in [1.807, 2.05) is 13.8 Å². The zero-order valence-electron chi connectivity index (χ0n) is 13.4. The van der Waals surface area contributed by atoms with Crippen LogP contribution in [0.5, 0.6) is 0 Å². The summed E-state index contributed by atoms with van der Waals surface area (Å²) in [7, 11) is 0. The number of rotatable bonds is 2. The number of halogens is 1. The Balaban J connectivity index is 1.78. The van der Waals surface area contributed by atoms with Crippen LogP contribution in [0.25, 0.3) is 0 Å². The first kappa shape index (κ1) is 15.0. The maximum atomic E-state index is 13.5. The van der Waals surface area contributed by atoms with Gasteiger partial charge in [0.25, 0.3) is 0 Å². The molecule has 21 heavy (non-hydrogen) atoms. The molecule has 1 nitrogen and oxygen atoms in total. The second kappa shape index (κ2) is 6.08. The number of fused-ring (bicyclic) bond motifs is 1. The summed E-state index contributed by atoms with van der Waals surface area (Å²) in [6.07, 6.45) is 9.53. The third-order valence-corrected chi connectivity index (χ3v) is 5.98. The minimum atomic E-state index is -0.142. The summed E-state index contributed by atoms with van der Waals surface area (Å²) >= 11 is 0. The van der Waals surface area contributed by atoms with Gasteiger partial charge in [0.2, 0.25) is 0 Å². The lowest BCUT2D eigenvalue weighted by Crippen LogP contribution is -2.33. The Morgan fingerprint density at radius 3 is 2.29 bits per heavy atom. The van der Waals surface area contributed by atoms with Crippen LogP contribution in [0.15, 0.2) is 12.1 Å². The van der Waals surface area contributed by atoms with Crippen molar-refractivity contribution >= 4 is 0 Å². The largest absolute Gasteiger partial charge is 0.324 e. The fraction of sp³-hybridized carbons (Fsp3) is 0.684. The van der Waals surface area contributed by atoms with Crippen LogP contribution < -0.4 is 5.73 Å². The monoisotopic (exact) mass is 289 g/mol. The first-order valence-electron chi connectivity index (χ1n) is 8.58. The minimum absolute atomic E-state index is 0.0773. The molecule has 4 unspecified atom stereocenters. The quantitative estimate of drug-likeness (QED) is 0.810. The van der Waals surface area contributed by atoms with E-state index in [2.05, 4.69) is 0 Å². The van der Waals surface area contributed by atoms with E-state index in [0.717, 1.165) is 23.0 Å². The average molecular weight is 289 g/mol. The van der Waals surface area contributed by atoms with Crippen molar-refractivity contribution in [2.45, 2.75) is 64.8 Å². The molecule has 0 spiro atoms. The highest BCUT2D eigenvalue weighted by atomic mass is 19.1. The van der Waals surface area contributed by atoms with Crippen LogP contribution in [0.4, 0.5) is 4.39 Å². The summed E-state index contributed by atoms with van der Waals surface area (Å²) in [6.45, 7) is 4.00. The van der Waals surface area contributed by atoms with Crippen molar-refractivity contribution in [3.05, 3.63) is 34.6 Å². The summed E-state index contributed by atoms with van der Waals surface area (Å²) in [5.41, 5.74) is 9.85. The fourth-order valence-corrected chi connectivity index (χ4v) is 4.92. The molecule has 0 aliphatic heterocycles. The lowest BCUT2D eigenvalue weighted by molar-refractivity contribution is 0.117. The predicted molar refractivity (Wildman–Crippen MR) is 85.6 cm³/mol. The van der Waals surface area contributed by atoms with Crippen molar-refractivity contribution < 1.29 is 4.39 Å². The molecule has 2 saturated carbocycles. The molecule has 0 amide bonds. The minimum Gasteiger partial charge on any atom is -0.324 e. The van der Waals surface area contributed by atoms with Gasteiger partial charge in [0, 0.05) is 6.04 Å². The molecule has 1 aromatic rings. The smallest absolute Gasteiger partial charge is 0.123 e. The Hall–Kier alpha value is -0.890. The van der Waals surface area contributed by atoms with Crippen molar-refractivity contribution in [2.75, 3.05) is 0 Å². The average Bonchev–Trinajstić information content (AvgIpc) is 2.45. The third kappa shape index (κ3) is 3.01. The molecule has 2 aliphatic carbocycles. The zero-order valence-corrected chi connectivity index (χ0v) is 13.4. The third-order valence-electron chi connectivity index (χ3n) is 5.98. The van der Waals surface area contributed by atoms with Crippen LogP contribution in [-0.4, -0.2) is 0 Å². The van der Waals surface area contributed by atoms with Crippen LogP contribution in [0.1, 0.15) is 67.7 Å². The SMILES string of the molecule is Cc1cc(F)cc(C)c1C(N)C1CCC2CCCCC2C1. The van der Waals surface area contributed by atoms with E-state index in [0.29, 0.717) is 5.92 Å². The van der Waals surface area contributed by atoms with E-state index in [4.69, 9.17) is 5.73 Å². The van der Waals surface area contributed by atoms with Crippen LogP contribution >= 0.6 is 0 Å². The van der Waals surface area contributed by atoms with Gasteiger partial charge < -0.3 is 5.73 Å². The number of hydrogen-bond donors (Lipinski definition) is 1. The molecule has 0 saturated heterocycles. The van der Waals surface area contributed by atoms with Crippen LogP contribution in [0.3, 0.4) is 0 Å². The Bertz CT molecular complexity index is 487. The van der Waals surface area contributed by atoms with Crippen molar-refractivity contribution in [2.24, 2.45) is 23.5 Å². The van der Waals surface area contributed by atoms with E-state index in [9.17, 15) is 4.39 Å². The normalized spacial score (nSPS) is 30.8. The van der Waals surface area contributed by atoms with E-state index in [1.54, 1.807) is 12.1 Å². The summed E-state index contributed by atoms with van der Waals surface area (Å²) in [5.74, 6) is 2.28. The predicted octanol–water partition coefficient (Wildman–Crippen LogP) is 5.05. The molecule has 0 bridgehead atoms. The molecule has 2 aliphatic rings. The Morgan fingerprint density at radius 2 is 1.62 bits per heavy atom. The summed E-state index contributed by atoms with van der Waals surface area (Å²) in [5, 5.41) is 0. The van der Waals surface area contributed by atoms with Crippen LogP contribution in [0, 0.1) is 37.4 Å². The number of hydrogen-bond acceptors (Lipinski definition) is 1. The Kier molecular flexibility index (Phi) is 4.35. The van der Waals surface area contributed by atoms with Gasteiger partial charge in [-0.2, -0.15) is 0 Å². The van der Waals surface area contributed by atoms with Gasteiger partial charge in [-0.15, -0.1) is 0 Å². The summed E-state index contributed by atoms with van der Waals surface area (Å²) in [6, 6.07) is 3.34. The molecule has 3 rings (SSSR count). The molecular weight excluding hydrogens is 261 g/mol. The maximum absolute atomic E-state index is 13.5. The lowest BCUT2D eigenvalue weighted by Gasteiger charge is -2.41. The van der Waals surface area contributed by atoms with Gasteiger partial charge in [0.05, 0.1) is 0 Å². The second-order valence-electron chi connectivity index (χ2n) is 7.36. The molecule has 116 valence electrons. The number of benzene rings is 1. The van der Waals surface area contributed by atoms with Crippen molar-refractivity contribution in [1.29, 1.82) is 0 Å². The highest BCUT2D eigenvalue weighted by Gasteiger charge is 2.35. The lowest BCUT2D eigenvalue weighted by atomic mass is 9.65. The van der Waals surface area contributed by atoms with Gasteiger partial charge in [0.15, 0.2) is 0 Å². The van der Waals surface area contributed by atoms with Crippen LogP contribution in [-0.2, 0) is 0 Å². The van der Waals surface area contributed by atoms with E-state index in [-0.39, 0.29) is 11.9 Å². The molecule has 2 N–H and O–H groups in total. The van der Waals surface area contributed by atoms with Crippen molar-refractivity contribution in [1.82, 2.24) is 0 Å². The summed E-state index contributed by atoms with van der Waals surface area (Å²) in [4.78, 5) is 0. The second-order valence-corrected chi connectivity index (χ2v) is 7.36. The van der Waals surface area contributed by atoms with Gasteiger partial charge >= 0.3 is 0 Å². The van der Waals surface area contributed by atoms with E-state index in [1.165, 1.54) is 50.5 Å². The number of nitrogens with two attached hydrogens (primary N) is 1. The molecule has 0 radical (unpaired) electrons. The Morgan fingerprint density at radius 1 is 1.00 bits per heavy atom. The topological polar surface area (TPSA) is 26.0 Å². The van der Waals surface area contributed by atoms with Gasteiger partial charge in [-0.3, -0.25) is 0 Å². The highest BCUT2D eigenvalue weighted by Crippen LogP contribution is 2.46. The van der Waals surface area contributed by atoms with Gasteiger partial charge in [-0.25, -0.2) is 4.39 Å². The molecule has 1 aromatic carbocycles. The van der Waals surface area contributed by atoms with E-state index >= 15 is 0 Å². The molecule has 0 aromatic heterocycles. The molecule has 2 heteroatoms. The summed E-state index contributed by atoms with van der Waals surface area (Å²) < 4.78 is 13.5. The standard InChI is InChI=1S/C19H28FN/c1-12-9-17(20)10-13(2)18(12)19(21)16-8-7-14-5-3-4-6-15(14)11-16/h9-10,14-16,19H,3-8,11,21H2,1-2H3.